The van der Waals surface area contributed by atoms with Gasteiger partial charge in [0.2, 0.25) is 0 Å². The van der Waals surface area contributed by atoms with E-state index in [1.807, 2.05) is 20.8 Å². The van der Waals surface area contributed by atoms with E-state index in [2.05, 4.69) is 10.6 Å². The fourth-order valence-electron chi connectivity index (χ4n) is 4.02. The number of nitrogens with one attached hydrogen (secondary N) is 2. The molecule has 3 rings (SSSR count). The van der Waals surface area contributed by atoms with Crippen LogP contribution in [0.1, 0.15) is 43.2 Å². The van der Waals surface area contributed by atoms with Crippen LogP contribution in [0, 0.1) is 19.7 Å². The molecule has 1 aromatic heterocycles. The van der Waals surface area contributed by atoms with Gasteiger partial charge in [-0.1, -0.05) is 0 Å². The lowest BCUT2D eigenvalue weighted by Crippen LogP contribution is -2.38. The molecule has 0 saturated carbocycles. The normalized spacial score (nSPS) is 13.9. The Hall–Kier alpha value is -3.18. The van der Waals surface area contributed by atoms with Crippen molar-refractivity contribution in [2.24, 2.45) is 0 Å². The summed E-state index contributed by atoms with van der Waals surface area (Å²) in [6, 6.07) is 2.91. The first-order valence-corrected chi connectivity index (χ1v) is 11.9. The highest BCUT2D eigenvalue weighted by Crippen LogP contribution is 2.29. The highest BCUT2D eigenvalue weighted by molar-refractivity contribution is 5.89. The number of aromatic nitrogens is 2. The molecule has 1 aliphatic heterocycles. The Morgan fingerprint density at radius 1 is 1.11 bits per heavy atom. The molecule has 3 amide bonds. The van der Waals surface area contributed by atoms with Gasteiger partial charge >= 0.3 is 12.1 Å². The van der Waals surface area contributed by atoms with Crippen LogP contribution in [0.3, 0.4) is 0 Å². The molecule has 0 fully saturated rings. The van der Waals surface area contributed by atoms with E-state index in [0.29, 0.717) is 48.6 Å². The van der Waals surface area contributed by atoms with Crippen LogP contribution < -0.4 is 10.6 Å². The molecule has 0 unspecified atom stereocenters. The number of aryl methyl sites for hydroxylation is 2. The van der Waals surface area contributed by atoms with E-state index in [1.54, 1.807) is 35.6 Å². The number of hydrogen-bond donors (Lipinski definition) is 2. The first kappa shape index (κ1) is 27.4. The molecule has 2 heterocycles. The third-order valence-corrected chi connectivity index (χ3v) is 5.82. The molecule has 36 heavy (non-hydrogen) atoms. The number of amides is 3. The monoisotopic (exact) mass is 505 g/mol. The van der Waals surface area contributed by atoms with Gasteiger partial charge in [-0.15, -0.1) is 0 Å². The third kappa shape index (κ3) is 6.52. The van der Waals surface area contributed by atoms with E-state index in [-0.39, 0.29) is 18.5 Å². The quantitative estimate of drug-likeness (QED) is 0.580. The summed E-state index contributed by atoms with van der Waals surface area (Å²) in [5, 5.41) is 10.4. The number of nitrogens with zero attached hydrogens (tertiary/aromatic N) is 3. The standard InChI is InChI=1S/C25H36FN5O5/c1-15-12-17(13-16(2)21(15)26)31-22(28-23(32)27-14-20(34-6)35-7)18-8-10-30(11-9-19(18)29-31)24(33)36-25(3,4)5/h12-13,20H,8-11,14H2,1-7H3,(H2,27,28,32). The van der Waals surface area contributed by atoms with Crippen LogP contribution >= 0.6 is 0 Å². The van der Waals surface area contributed by atoms with Crippen LogP contribution in [0.4, 0.5) is 19.8 Å². The van der Waals surface area contributed by atoms with Gasteiger partial charge in [-0.3, -0.25) is 5.32 Å². The summed E-state index contributed by atoms with van der Waals surface area (Å²) in [5.41, 5.74) is 2.55. The summed E-state index contributed by atoms with van der Waals surface area (Å²) < 4.78 is 31.7. The van der Waals surface area contributed by atoms with E-state index in [9.17, 15) is 14.0 Å². The van der Waals surface area contributed by atoms with Gasteiger partial charge in [0, 0.05) is 39.3 Å². The Bertz CT molecular complexity index is 1080. The van der Waals surface area contributed by atoms with Crippen LogP contribution in [0.2, 0.25) is 0 Å². The minimum Gasteiger partial charge on any atom is -0.444 e. The molecule has 1 aromatic carbocycles. The Morgan fingerprint density at radius 2 is 1.72 bits per heavy atom. The first-order chi connectivity index (χ1) is 16.9. The van der Waals surface area contributed by atoms with Gasteiger partial charge in [0.25, 0.3) is 0 Å². The van der Waals surface area contributed by atoms with Crippen LogP contribution in [-0.4, -0.2) is 72.5 Å². The van der Waals surface area contributed by atoms with Crippen molar-refractivity contribution < 1.29 is 28.2 Å². The molecule has 0 atom stereocenters. The molecule has 11 heteroatoms. The van der Waals surface area contributed by atoms with Crippen molar-refractivity contribution in [2.75, 3.05) is 39.2 Å². The molecule has 0 saturated heterocycles. The summed E-state index contributed by atoms with van der Waals surface area (Å²) >= 11 is 0. The SMILES string of the molecule is COC(CNC(=O)Nc1c2c(nn1-c1cc(C)c(F)c(C)c1)CCN(C(=O)OC(C)(C)C)CC2)OC. The van der Waals surface area contributed by atoms with Gasteiger partial charge in [0.15, 0.2) is 6.29 Å². The molecule has 198 valence electrons. The number of anilines is 1. The number of methoxy groups -OCH3 is 2. The second-order valence-electron chi connectivity index (χ2n) is 9.78. The van der Waals surface area contributed by atoms with Crippen molar-refractivity contribution in [3.8, 4) is 5.69 Å². The maximum Gasteiger partial charge on any atom is 0.410 e. The van der Waals surface area contributed by atoms with Crippen molar-refractivity contribution >= 4 is 17.9 Å². The number of rotatable bonds is 6. The van der Waals surface area contributed by atoms with Gasteiger partial charge in [-0.2, -0.15) is 5.10 Å². The summed E-state index contributed by atoms with van der Waals surface area (Å²) in [5.74, 6) is 0.184. The Morgan fingerprint density at radius 3 is 2.31 bits per heavy atom. The summed E-state index contributed by atoms with van der Waals surface area (Å²) in [4.78, 5) is 27.1. The van der Waals surface area contributed by atoms with Crippen LogP contribution in [0.5, 0.6) is 0 Å². The third-order valence-electron chi connectivity index (χ3n) is 5.82. The highest BCUT2D eigenvalue weighted by Gasteiger charge is 2.29. The second-order valence-corrected chi connectivity index (χ2v) is 9.78. The molecule has 0 spiro atoms. The van der Waals surface area contributed by atoms with Crippen LogP contribution in [0.15, 0.2) is 12.1 Å². The van der Waals surface area contributed by atoms with E-state index in [1.165, 1.54) is 14.2 Å². The lowest BCUT2D eigenvalue weighted by Gasteiger charge is -2.26. The molecular weight excluding hydrogens is 469 g/mol. The minimum atomic E-state index is -0.599. The lowest BCUT2D eigenvalue weighted by molar-refractivity contribution is -0.0970. The molecule has 10 nitrogen and oxygen atoms in total. The molecule has 2 aromatic rings. The van der Waals surface area contributed by atoms with Crippen LogP contribution in [-0.2, 0) is 27.1 Å². The average Bonchev–Trinajstić information content (AvgIpc) is 2.99. The molecule has 0 radical (unpaired) electrons. The zero-order valence-corrected chi connectivity index (χ0v) is 22.0. The molecule has 0 bridgehead atoms. The van der Waals surface area contributed by atoms with Crippen molar-refractivity contribution in [3.63, 3.8) is 0 Å². The van der Waals surface area contributed by atoms with Crippen LogP contribution in [0.25, 0.3) is 5.69 Å². The molecule has 2 N–H and O–H groups in total. The predicted molar refractivity (Wildman–Crippen MR) is 133 cm³/mol. The zero-order valence-electron chi connectivity index (χ0n) is 22.0. The number of carbonyl (C=O) groups excluding carboxylic acids is 2. The largest absolute Gasteiger partial charge is 0.444 e. The fourth-order valence-corrected chi connectivity index (χ4v) is 4.02. The average molecular weight is 506 g/mol. The van der Waals surface area contributed by atoms with Crippen molar-refractivity contribution in [2.45, 2.75) is 59.4 Å². The zero-order chi connectivity index (χ0) is 26.6. The van der Waals surface area contributed by atoms with Gasteiger partial charge < -0.3 is 24.4 Å². The topological polar surface area (TPSA) is 107 Å². The smallest absolute Gasteiger partial charge is 0.410 e. The number of benzene rings is 1. The second kappa shape index (κ2) is 11.3. The first-order valence-electron chi connectivity index (χ1n) is 11.9. The van der Waals surface area contributed by atoms with Gasteiger partial charge in [-0.25, -0.2) is 18.7 Å². The summed E-state index contributed by atoms with van der Waals surface area (Å²) in [6.07, 6.45) is -0.0421. The Kier molecular flexibility index (Phi) is 8.57. The van der Waals surface area contributed by atoms with Crippen molar-refractivity contribution in [1.29, 1.82) is 0 Å². The van der Waals surface area contributed by atoms with E-state index in [4.69, 9.17) is 19.3 Å². The number of urea groups is 1. The van der Waals surface area contributed by atoms with E-state index < -0.39 is 17.9 Å². The Balaban J connectivity index is 1.92. The van der Waals surface area contributed by atoms with Gasteiger partial charge in [-0.05, 0) is 64.3 Å². The Labute approximate surface area is 211 Å². The van der Waals surface area contributed by atoms with E-state index >= 15 is 0 Å². The summed E-state index contributed by atoms with van der Waals surface area (Å²) in [7, 11) is 2.97. The van der Waals surface area contributed by atoms with Gasteiger partial charge in [0.05, 0.1) is 17.9 Å². The highest BCUT2D eigenvalue weighted by atomic mass is 19.1. The van der Waals surface area contributed by atoms with E-state index in [0.717, 1.165) is 11.3 Å². The lowest BCUT2D eigenvalue weighted by atomic mass is 10.1. The maximum atomic E-state index is 14.3. The molecule has 1 aliphatic rings. The fraction of sp³-hybridized carbons (Fsp3) is 0.560. The number of halogens is 1. The summed E-state index contributed by atoms with van der Waals surface area (Å²) in [6.45, 7) is 9.82. The van der Waals surface area contributed by atoms with Crippen molar-refractivity contribution in [3.05, 3.63) is 40.3 Å². The number of fused-ring (bicyclic) bond motifs is 1. The van der Waals surface area contributed by atoms with Crippen molar-refractivity contribution in [1.82, 2.24) is 20.0 Å². The minimum absolute atomic E-state index is 0.135. The number of hydrogen-bond acceptors (Lipinski definition) is 6. The number of ether oxygens (including phenoxy) is 3. The van der Waals surface area contributed by atoms with Gasteiger partial charge in [0.1, 0.15) is 17.2 Å². The number of carbonyl (C=O) groups is 2. The predicted octanol–water partition coefficient (Wildman–Crippen LogP) is 3.70. The molecular formula is C25H36FN5O5. The molecule has 0 aliphatic carbocycles. The maximum absolute atomic E-state index is 14.3.